The molecule has 1 saturated heterocycles. The van der Waals surface area contributed by atoms with E-state index in [1.165, 1.54) is 0 Å². The van der Waals surface area contributed by atoms with Crippen LogP contribution in [0.4, 0.5) is 0 Å². The van der Waals surface area contributed by atoms with Crippen molar-refractivity contribution in [2.24, 2.45) is 5.73 Å². The largest absolute Gasteiger partial charge is 0.481 e. The molecule has 7 heteroatoms. The molecule has 0 radical (unpaired) electrons. The Bertz CT molecular complexity index is 572. The molecule has 2 aromatic heterocycles. The molecule has 2 N–H and O–H groups in total. The van der Waals surface area contributed by atoms with Gasteiger partial charge in [-0.1, -0.05) is 11.2 Å². The van der Waals surface area contributed by atoms with Crippen molar-refractivity contribution in [3.63, 3.8) is 0 Å². The summed E-state index contributed by atoms with van der Waals surface area (Å²) in [7, 11) is 1.59. The highest BCUT2D eigenvalue weighted by molar-refractivity contribution is 7.99. The van der Waals surface area contributed by atoms with Gasteiger partial charge in [-0.05, 0) is 5.56 Å². The second-order valence-corrected chi connectivity index (χ2v) is 5.82. The van der Waals surface area contributed by atoms with Crippen LogP contribution in [0.15, 0.2) is 22.9 Å². The minimum atomic E-state index is 0.107. The molecular formula is C13H16N4O2S. The molecule has 0 aromatic carbocycles. The number of rotatable bonds is 4. The Balaban J connectivity index is 1.70. The Morgan fingerprint density at radius 2 is 2.35 bits per heavy atom. The Morgan fingerprint density at radius 1 is 1.45 bits per heavy atom. The molecule has 6 nitrogen and oxygen atoms in total. The van der Waals surface area contributed by atoms with E-state index < -0.39 is 0 Å². The van der Waals surface area contributed by atoms with Gasteiger partial charge in [0.2, 0.25) is 11.8 Å². The summed E-state index contributed by atoms with van der Waals surface area (Å²) in [6.07, 6.45) is 2.35. The van der Waals surface area contributed by atoms with Crippen molar-refractivity contribution in [3.05, 3.63) is 35.6 Å². The number of nitrogens with zero attached hydrogens (tertiary/aromatic N) is 3. The molecule has 0 amide bonds. The van der Waals surface area contributed by atoms with E-state index in [9.17, 15) is 0 Å². The SMILES string of the molecule is COc1ccc(Cc2noc(C3CSCC3N)n2)cn1. The number of methoxy groups -OCH3 is 1. The molecular weight excluding hydrogens is 276 g/mol. The van der Waals surface area contributed by atoms with Crippen LogP contribution >= 0.6 is 11.8 Å². The molecule has 20 heavy (non-hydrogen) atoms. The van der Waals surface area contributed by atoms with Crippen LogP contribution in [0.3, 0.4) is 0 Å². The first-order chi connectivity index (χ1) is 9.76. The zero-order chi connectivity index (χ0) is 13.9. The zero-order valence-electron chi connectivity index (χ0n) is 11.2. The number of hydrogen-bond donors (Lipinski definition) is 1. The topological polar surface area (TPSA) is 87.1 Å². The predicted octanol–water partition coefficient (Wildman–Crippen LogP) is 1.22. The molecule has 0 saturated carbocycles. The quantitative estimate of drug-likeness (QED) is 0.906. The van der Waals surface area contributed by atoms with Crippen molar-refractivity contribution >= 4 is 11.8 Å². The molecule has 0 spiro atoms. The molecule has 3 heterocycles. The first-order valence-electron chi connectivity index (χ1n) is 6.41. The van der Waals surface area contributed by atoms with Crippen LogP contribution < -0.4 is 10.5 Å². The highest BCUT2D eigenvalue weighted by atomic mass is 32.2. The lowest BCUT2D eigenvalue weighted by Gasteiger charge is -2.07. The Hall–Kier alpha value is -1.60. The summed E-state index contributed by atoms with van der Waals surface area (Å²) in [5.41, 5.74) is 7.05. The van der Waals surface area contributed by atoms with Gasteiger partial charge in [0.25, 0.3) is 0 Å². The average molecular weight is 292 g/mol. The fraction of sp³-hybridized carbons (Fsp3) is 0.462. The molecule has 0 aliphatic carbocycles. The van der Waals surface area contributed by atoms with E-state index in [2.05, 4.69) is 15.1 Å². The number of thioether (sulfide) groups is 1. The summed E-state index contributed by atoms with van der Waals surface area (Å²) in [5, 5.41) is 4.02. The minimum Gasteiger partial charge on any atom is -0.481 e. The van der Waals surface area contributed by atoms with Gasteiger partial charge in [-0.15, -0.1) is 0 Å². The molecule has 3 rings (SSSR count). The third-order valence-corrected chi connectivity index (χ3v) is 4.51. The molecule has 2 atom stereocenters. The maximum Gasteiger partial charge on any atom is 0.232 e. The lowest BCUT2D eigenvalue weighted by molar-refractivity contribution is 0.349. The van der Waals surface area contributed by atoms with Gasteiger partial charge in [0, 0.05) is 36.2 Å². The monoisotopic (exact) mass is 292 g/mol. The van der Waals surface area contributed by atoms with Crippen LogP contribution in [-0.2, 0) is 6.42 Å². The van der Waals surface area contributed by atoms with Crippen LogP contribution in [0.1, 0.15) is 23.2 Å². The smallest absolute Gasteiger partial charge is 0.232 e. The molecule has 2 aromatic rings. The summed E-state index contributed by atoms with van der Waals surface area (Å²) in [4.78, 5) is 8.61. The van der Waals surface area contributed by atoms with Gasteiger partial charge in [0.05, 0.1) is 13.0 Å². The van der Waals surface area contributed by atoms with Crippen LogP contribution in [0, 0.1) is 0 Å². The predicted molar refractivity (Wildman–Crippen MR) is 75.9 cm³/mol. The molecule has 0 bridgehead atoms. The van der Waals surface area contributed by atoms with Gasteiger partial charge in [0.1, 0.15) is 0 Å². The van der Waals surface area contributed by atoms with Crippen molar-refractivity contribution in [3.8, 4) is 5.88 Å². The van der Waals surface area contributed by atoms with Crippen molar-refractivity contribution in [2.75, 3.05) is 18.6 Å². The maximum atomic E-state index is 6.03. The van der Waals surface area contributed by atoms with Gasteiger partial charge in [-0.3, -0.25) is 0 Å². The highest BCUT2D eigenvalue weighted by Gasteiger charge is 2.30. The van der Waals surface area contributed by atoms with E-state index in [-0.39, 0.29) is 12.0 Å². The second-order valence-electron chi connectivity index (χ2n) is 4.74. The zero-order valence-corrected chi connectivity index (χ0v) is 12.0. The van der Waals surface area contributed by atoms with Gasteiger partial charge in [0.15, 0.2) is 5.82 Å². The van der Waals surface area contributed by atoms with Crippen molar-refractivity contribution < 1.29 is 9.26 Å². The molecule has 1 fully saturated rings. The van der Waals surface area contributed by atoms with E-state index in [1.54, 1.807) is 13.3 Å². The molecule has 106 valence electrons. The first kappa shape index (κ1) is 13.4. The van der Waals surface area contributed by atoms with E-state index in [0.717, 1.165) is 17.1 Å². The van der Waals surface area contributed by atoms with Gasteiger partial charge in [-0.2, -0.15) is 16.7 Å². The summed E-state index contributed by atoms with van der Waals surface area (Å²) in [5.74, 6) is 3.99. The maximum absolute atomic E-state index is 6.03. The number of aromatic nitrogens is 3. The fourth-order valence-electron chi connectivity index (χ4n) is 2.13. The van der Waals surface area contributed by atoms with Crippen LogP contribution in [0.25, 0.3) is 0 Å². The molecule has 1 aliphatic rings. The Labute approximate surface area is 121 Å². The summed E-state index contributed by atoms with van der Waals surface area (Å²) < 4.78 is 10.4. The van der Waals surface area contributed by atoms with E-state index >= 15 is 0 Å². The standard InChI is InChI=1S/C13H16N4O2S/c1-18-12-3-2-8(5-15-12)4-11-16-13(19-17-11)9-6-20-7-10(9)14/h2-3,5,9-10H,4,6-7,14H2,1H3. The van der Waals surface area contributed by atoms with Crippen LogP contribution in [0.2, 0.25) is 0 Å². The fourth-order valence-corrected chi connectivity index (χ4v) is 3.42. The third kappa shape index (κ3) is 2.78. The lowest BCUT2D eigenvalue weighted by atomic mass is 10.1. The van der Waals surface area contributed by atoms with Crippen LogP contribution in [0.5, 0.6) is 5.88 Å². The highest BCUT2D eigenvalue weighted by Crippen LogP contribution is 2.30. The second kappa shape index (κ2) is 5.80. The normalized spacial score (nSPS) is 22.1. The van der Waals surface area contributed by atoms with Gasteiger partial charge in [-0.25, -0.2) is 4.98 Å². The van der Waals surface area contributed by atoms with Crippen LogP contribution in [-0.4, -0.2) is 39.8 Å². The number of nitrogens with two attached hydrogens (primary N) is 1. The van der Waals surface area contributed by atoms with Crippen molar-refractivity contribution in [1.29, 1.82) is 0 Å². The van der Waals surface area contributed by atoms with E-state index in [4.69, 9.17) is 15.0 Å². The van der Waals surface area contributed by atoms with Gasteiger partial charge >= 0.3 is 0 Å². The summed E-state index contributed by atoms with van der Waals surface area (Å²) in [6, 6.07) is 3.87. The Morgan fingerprint density at radius 3 is 3.00 bits per heavy atom. The minimum absolute atomic E-state index is 0.107. The lowest BCUT2D eigenvalue weighted by Crippen LogP contribution is -2.26. The first-order valence-corrected chi connectivity index (χ1v) is 7.56. The number of hydrogen-bond acceptors (Lipinski definition) is 7. The van der Waals surface area contributed by atoms with Crippen molar-refractivity contribution in [1.82, 2.24) is 15.1 Å². The number of pyridine rings is 1. The Kier molecular flexibility index (Phi) is 3.88. The van der Waals surface area contributed by atoms with Gasteiger partial charge < -0.3 is 15.0 Å². The summed E-state index contributed by atoms with van der Waals surface area (Å²) in [6.45, 7) is 0. The molecule has 1 aliphatic heterocycles. The average Bonchev–Trinajstić information content (AvgIpc) is 3.08. The third-order valence-electron chi connectivity index (χ3n) is 3.29. The molecule has 2 unspecified atom stereocenters. The number of ether oxygens (including phenoxy) is 1. The van der Waals surface area contributed by atoms with Crippen molar-refractivity contribution in [2.45, 2.75) is 18.4 Å². The van der Waals surface area contributed by atoms with E-state index in [1.807, 2.05) is 23.9 Å². The summed E-state index contributed by atoms with van der Waals surface area (Å²) >= 11 is 1.83. The van der Waals surface area contributed by atoms with E-state index in [0.29, 0.717) is 24.0 Å².